The van der Waals surface area contributed by atoms with Crippen molar-refractivity contribution in [3.63, 3.8) is 0 Å². The van der Waals surface area contributed by atoms with Crippen LogP contribution in [0.4, 0.5) is 10.2 Å². The largest absolute Gasteiger partial charge is 0.354 e. The molecule has 0 saturated carbocycles. The van der Waals surface area contributed by atoms with Gasteiger partial charge in [0.05, 0.1) is 0 Å². The number of pyridine rings is 1. The number of hydrogen-bond acceptors (Lipinski definition) is 3. The second-order valence-corrected chi connectivity index (χ2v) is 4.86. The highest BCUT2D eigenvalue weighted by atomic mass is 19.1. The first-order valence-electron chi connectivity index (χ1n) is 7.20. The Morgan fingerprint density at radius 3 is 2.53 bits per heavy atom. The van der Waals surface area contributed by atoms with Gasteiger partial charge in [0, 0.05) is 31.4 Å². The fraction of sp³-hybridized carbons (Fsp3) is 0.667. The lowest BCUT2D eigenvalue weighted by Crippen LogP contribution is -2.31. The molecule has 0 fully saturated rings. The molecule has 108 valence electrons. The second-order valence-electron chi connectivity index (χ2n) is 4.86. The first-order chi connectivity index (χ1) is 9.17. The van der Waals surface area contributed by atoms with Gasteiger partial charge < -0.3 is 10.2 Å². The summed E-state index contributed by atoms with van der Waals surface area (Å²) in [6, 6.07) is 1.74. The lowest BCUT2D eigenvalue weighted by atomic mass is 10.0. The summed E-state index contributed by atoms with van der Waals surface area (Å²) >= 11 is 0. The van der Waals surface area contributed by atoms with E-state index >= 15 is 0 Å². The number of rotatable bonds is 8. The van der Waals surface area contributed by atoms with E-state index in [0.717, 1.165) is 25.9 Å². The summed E-state index contributed by atoms with van der Waals surface area (Å²) in [7, 11) is 1.82. The third-order valence-electron chi connectivity index (χ3n) is 3.63. The molecule has 1 rings (SSSR count). The van der Waals surface area contributed by atoms with E-state index in [2.05, 4.69) is 24.1 Å². The highest BCUT2D eigenvalue weighted by Gasteiger charge is 2.17. The van der Waals surface area contributed by atoms with Gasteiger partial charge in [0.15, 0.2) is 11.6 Å². The van der Waals surface area contributed by atoms with E-state index in [9.17, 15) is 4.39 Å². The van der Waals surface area contributed by atoms with Crippen molar-refractivity contribution < 1.29 is 4.39 Å². The van der Waals surface area contributed by atoms with E-state index in [0.29, 0.717) is 23.8 Å². The molecule has 0 aliphatic rings. The molecule has 3 nitrogen and oxygen atoms in total. The van der Waals surface area contributed by atoms with Crippen molar-refractivity contribution in [3.05, 3.63) is 23.6 Å². The Morgan fingerprint density at radius 2 is 2.00 bits per heavy atom. The molecule has 0 unspecified atom stereocenters. The molecule has 1 aromatic heterocycles. The Kier molecular flexibility index (Phi) is 6.78. The van der Waals surface area contributed by atoms with E-state index in [-0.39, 0.29) is 5.82 Å². The quantitative estimate of drug-likeness (QED) is 0.784. The van der Waals surface area contributed by atoms with Crippen molar-refractivity contribution in [3.8, 4) is 0 Å². The monoisotopic (exact) mass is 267 g/mol. The van der Waals surface area contributed by atoms with Crippen LogP contribution in [0, 0.1) is 11.7 Å². The van der Waals surface area contributed by atoms with Crippen molar-refractivity contribution in [2.45, 2.75) is 40.2 Å². The van der Waals surface area contributed by atoms with Gasteiger partial charge in [-0.25, -0.2) is 9.37 Å². The van der Waals surface area contributed by atoms with Crippen molar-refractivity contribution in [1.82, 2.24) is 10.3 Å². The Bertz CT molecular complexity index is 378. The predicted molar refractivity (Wildman–Crippen MR) is 78.9 cm³/mol. The molecule has 4 heteroatoms. The summed E-state index contributed by atoms with van der Waals surface area (Å²) in [5.41, 5.74) is 0.676. The molecule has 0 radical (unpaired) electrons. The van der Waals surface area contributed by atoms with Crippen LogP contribution in [0.25, 0.3) is 0 Å². The summed E-state index contributed by atoms with van der Waals surface area (Å²) in [5.74, 6) is 0.890. The van der Waals surface area contributed by atoms with E-state index < -0.39 is 0 Å². The number of nitrogens with zero attached hydrogens (tertiary/aromatic N) is 2. The lowest BCUT2D eigenvalue weighted by Gasteiger charge is -2.27. The van der Waals surface area contributed by atoms with Crippen molar-refractivity contribution in [1.29, 1.82) is 0 Å². The molecular weight excluding hydrogens is 241 g/mol. The maximum Gasteiger partial charge on any atom is 0.170 e. The highest BCUT2D eigenvalue weighted by molar-refractivity contribution is 5.43. The number of aromatic nitrogens is 1. The van der Waals surface area contributed by atoms with Crippen LogP contribution in [-0.2, 0) is 6.54 Å². The molecule has 1 aromatic rings. The minimum atomic E-state index is -0.190. The van der Waals surface area contributed by atoms with Gasteiger partial charge in [-0.1, -0.05) is 26.7 Å². The standard InChI is InChI=1S/C15H26FN3/c1-5-12(6-2)11-19(7-3)15-14(16)13(10-17-4)8-9-18-15/h8-9,12,17H,5-7,10-11H2,1-4H3. The van der Waals surface area contributed by atoms with Crippen LogP contribution >= 0.6 is 0 Å². The molecule has 0 bridgehead atoms. The van der Waals surface area contributed by atoms with Gasteiger partial charge in [0.1, 0.15) is 0 Å². The van der Waals surface area contributed by atoms with Crippen molar-refractivity contribution >= 4 is 5.82 Å². The molecule has 0 amide bonds. The third kappa shape index (κ3) is 4.16. The van der Waals surface area contributed by atoms with Crippen LogP contribution in [0.5, 0.6) is 0 Å². The highest BCUT2D eigenvalue weighted by Crippen LogP contribution is 2.21. The summed E-state index contributed by atoms with van der Waals surface area (Å²) < 4.78 is 14.4. The second kappa shape index (κ2) is 8.10. The van der Waals surface area contributed by atoms with Gasteiger partial charge in [0.2, 0.25) is 0 Å². The van der Waals surface area contributed by atoms with Gasteiger partial charge in [-0.05, 0) is 26.0 Å². The van der Waals surface area contributed by atoms with Crippen LogP contribution in [-0.4, -0.2) is 25.1 Å². The lowest BCUT2D eigenvalue weighted by molar-refractivity contribution is 0.478. The Morgan fingerprint density at radius 1 is 1.32 bits per heavy atom. The number of nitrogens with one attached hydrogen (secondary N) is 1. The molecule has 0 aliphatic carbocycles. The van der Waals surface area contributed by atoms with E-state index in [4.69, 9.17) is 0 Å². The molecule has 0 atom stereocenters. The molecule has 0 aliphatic heterocycles. The smallest absolute Gasteiger partial charge is 0.170 e. The minimum absolute atomic E-state index is 0.190. The molecule has 0 saturated heterocycles. The van der Waals surface area contributed by atoms with Crippen molar-refractivity contribution in [2.24, 2.45) is 5.92 Å². The van der Waals surface area contributed by atoms with E-state index in [1.54, 1.807) is 12.3 Å². The molecule has 1 heterocycles. The summed E-state index contributed by atoms with van der Waals surface area (Å²) in [6.45, 7) is 8.60. The molecule has 19 heavy (non-hydrogen) atoms. The van der Waals surface area contributed by atoms with Crippen LogP contribution in [0.2, 0.25) is 0 Å². The zero-order valence-corrected chi connectivity index (χ0v) is 12.5. The minimum Gasteiger partial charge on any atom is -0.354 e. The van der Waals surface area contributed by atoms with E-state index in [1.807, 2.05) is 18.9 Å². The summed E-state index contributed by atoms with van der Waals surface area (Å²) in [4.78, 5) is 6.28. The SMILES string of the molecule is CCC(CC)CN(CC)c1nccc(CNC)c1F. The van der Waals surface area contributed by atoms with Crippen LogP contribution in [0.3, 0.4) is 0 Å². The van der Waals surface area contributed by atoms with Gasteiger partial charge in [0.25, 0.3) is 0 Å². The van der Waals surface area contributed by atoms with Gasteiger partial charge in [-0.2, -0.15) is 0 Å². The number of hydrogen-bond donors (Lipinski definition) is 1. The molecule has 0 aromatic carbocycles. The first-order valence-corrected chi connectivity index (χ1v) is 7.20. The zero-order chi connectivity index (χ0) is 14.3. The fourth-order valence-electron chi connectivity index (χ4n) is 2.24. The summed E-state index contributed by atoms with van der Waals surface area (Å²) in [6.07, 6.45) is 3.93. The molecule has 1 N–H and O–H groups in total. The molecular formula is C15H26FN3. The van der Waals surface area contributed by atoms with Crippen molar-refractivity contribution in [2.75, 3.05) is 25.0 Å². The first kappa shape index (κ1) is 15.9. The van der Waals surface area contributed by atoms with Gasteiger partial charge >= 0.3 is 0 Å². The Hall–Kier alpha value is -1.16. The fourth-order valence-corrected chi connectivity index (χ4v) is 2.24. The average molecular weight is 267 g/mol. The van der Waals surface area contributed by atoms with E-state index in [1.165, 1.54) is 0 Å². The predicted octanol–water partition coefficient (Wildman–Crippen LogP) is 3.20. The van der Waals surface area contributed by atoms with Crippen LogP contribution < -0.4 is 10.2 Å². The Labute approximate surface area is 116 Å². The van der Waals surface area contributed by atoms with Crippen LogP contribution in [0.15, 0.2) is 12.3 Å². The summed E-state index contributed by atoms with van der Waals surface area (Å²) in [5, 5.41) is 2.99. The number of halogens is 1. The zero-order valence-electron chi connectivity index (χ0n) is 12.5. The third-order valence-corrected chi connectivity index (χ3v) is 3.63. The molecule has 0 spiro atoms. The van der Waals surface area contributed by atoms with Gasteiger partial charge in [-0.15, -0.1) is 0 Å². The normalized spacial score (nSPS) is 11.1. The average Bonchev–Trinajstić information content (AvgIpc) is 2.43. The van der Waals surface area contributed by atoms with Gasteiger partial charge in [-0.3, -0.25) is 0 Å². The van der Waals surface area contributed by atoms with Crippen LogP contribution in [0.1, 0.15) is 39.2 Å². The number of anilines is 1. The maximum atomic E-state index is 14.4. The topological polar surface area (TPSA) is 28.2 Å². The Balaban J connectivity index is 2.94. The maximum absolute atomic E-state index is 14.4.